The molecule has 1 heterocycles. The molecule has 0 aliphatic heterocycles. The number of aromatic nitrogens is 1. The molecule has 0 aliphatic carbocycles. The van der Waals surface area contributed by atoms with Crippen LogP contribution in [0.5, 0.6) is 0 Å². The molecular formula is C15H14FNO. The minimum absolute atomic E-state index is 0.0693. The van der Waals surface area contributed by atoms with Crippen molar-refractivity contribution in [3.8, 4) is 0 Å². The molecule has 0 bridgehead atoms. The number of hydrogen-bond acceptors (Lipinski definition) is 2. The molecule has 2 rings (SSSR count). The Hall–Kier alpha value is -2.03. The van der Waals surface area contributed by atoms with E-state index < -0.39 is 0 Å². The maximum atomic E-state index is 13.0. The molecule has 92 valence electrons. The molecule has 0 N–H and O–H groups in total. The van der Waals surface area contributed by atoms with Gasteiger partial charge in [0.25, 0.3) is 0 Å². The van der Waals surface area contributed by atoms with Crippen LogP contribution in [0.25, 0.3) is 0 Å². The van der Waals surface area contributed by atoms with Gasteiger partial charge in [-0.15, -0.1) is 0 Å². The zero-order chi connectivity index (χ0) is 13.0. The van der Waals surface area contributed by atoms with Crippen molar-refractivity contribution in [2.24, 2.45) is 5.92 Å². The number of nitrogens with zero attached hydrogens (tertiary/aromatic N) is 1. The standard InChI is InChI=1S/C15H14FNO/c1-11(7-12-8-14(16)10-17-9-12)15(18)13-5-3-2-4-6-13/h2-6,8-11H,7H2,1H3. The molecule has 2 nitrogen and oxygen atoms in total. The number of hydrogen-bond donors (Lipinski definition) is 0. The monoisotopic (exact) mass is 243 g/mol. The van der Waals surface area contributed by atoms with E-state index in [1.165, 1.54) is 6.07 Å². The third kappa shape index (κ3) is 3.00. The zero-order valence-electron chi connectivity index (χ0n) is 10.1. The molecule has 18 heavy (non-hydrogen) atoms. The van der Waals surface area contributed by atoms with Crippen LogP contribution in [0.15, 0.2) is 48.8 Å². The first kappa shape index (κ1) is 12.4. The van der Waals surface area contributed by atoms with E-state index >= 15 is 0 Å². The fourth-order valence-electron chi connectivity index (χ4n) is 1.90. The van der Waals surface area contributed by atoms with Crippen molar-refractivity contribution < 1.29 is 9.18 Å². The average Bonchev–Trinajstić information content (AvgIpc) is 2.39. The quantitative estimate of drug-likeness (QED) is 0.771. The van der Waals surface area contributed by atoms with Gasteiger partial charge in [-0.3, -0.25) is 9.78 Å². The molecule has 1 aromatic carbocycles. The lowest BCUT2D eigenvalue weighted by Gasteiger charge is -2.10. The third-order valence-corrected chi connectivity index (χ3v) is 2.81. The number of pyridine rings is 1. The molecule has 0 saturated carbocycles. The first-order valence-electron chi connectivity index (χ1n) is 5.85. The van der Waals surface area contributed by atoms with Crippen LogP contribution in [-0.2, 0) is 6.42 Å². The molecule has 1 unspecified atom stereocenters. The van der Waals surface area contributed by atoms with E-state index in [9.17, 15) is 9.18 Å². The Morgan fingerprint density at radius 3 is 2.67 bits per heavy atom. The van der Waals surface area contributed by atoms with E-state index in [4.69, 9.17) is 0 Å². The number of rotatable bonds is 4. The first-order valence-corrected chi connectivity index (χ1v) is 5.85. The number of benzene rings is 1. The highest BCUT2D eigenvalue weighted by Crippen LogP contribution is 2.14. The summed E-state index contributed by atoms with van der Waals surface area (Å²) in [6.45, 7) is 1.85. The summed E-state index contributed by atoms with van der Waals surface area (Å²) in [6, 6.07) is 10.6. The molecule has 3 heteroatoms. The van der Waals surface area contributed by atoms with Crippen LogP contribution in [0.1, 0.15) is 22.8 Å². The van der Waals surface area contributed by atoms with Crippen LogP contribution in [0.2, 0.25) is 0 Å². The third-order valence-electron chi connectivity index (χ3n) is 2.81. The Morgan fingerprint density at radius 1 is 1.28 bits per heavy atom. The number of halogens is 1. The van der Waals surface area contributed by atoms with E-state index in [1.54, 1.807) is 18.3 Å². The van der Waals surface area contributed by atoms with Gasteiger partial charge in [0.15, 0.2) is 5.78 Å². The fraction of sp³-hybridized carbons (Fsp3) is 0.200. The SMILES string of the molecule is CC(Cc1cncc(F)c1)C(=O)c1ccccc1. The van der Waals surface area contributed by atoms with Crippen LogP contribution >= 0.6 is 0 Å². The van der Waals surface area contributed by atoms with Gasteiger partial charge in [0.1, 0.15) is 5.82 Å². The number of Topliss-reactive ketones (excluding diaryl/α,β-unsaturated/α-hetero) is 1. The van der Waals surface area contributed by atoms with Crippen LogP contribution in [0.4, 0.5) is 4.39 Å². The second-order valence-corrected chi connectivity index (χ2v) is 4.35. The molecule has 1 atom stereocenters. The average molecular weight is 243 g/mol. The highest BCUT2D eigenvalue weighted by Gasteiger charge is 2.15. The highest BCUT2D eigenvalue weighted by atomic mass is 19.1. The van der Waals surface area contributed by atoms with Gasteiger partial charge in [-0.1, -0.05) is 37.3 Å². The molecule has 0 fully saturated rings. The number of carbonyl (C=O) groups excluding carboxylic acids is 1. The lowest BCUT2D eigenvalue weighted by molar-refractivity contribution is 0.0929. The Labute approximate surface area is 105 Å². The van der Waals surface area contributed by atoms with E-state index in [-0.39, 0.29) is 17.5 Å². The molecule has 0 aliphatic rings. The van der Waals surface area contributed by atoms with Crippen molar-refractivity contribution in [2.45, 2.75) is 13.3 Å². The van der Waals surface area contributed by atoms with Gasteiger partial charge in [-0.05, 0) is 18.1 Å². The summed E-state index contributed by atoms with van der Waals surface area (Å²) in [5, 5.41) is 0. The Morgan fingerprint density at radius 2 is 2.00 bits per heavy atom. The van der Waals surface area contributed by atoms with Crippen molar-refractivity contribution in [3.05, 3.63) is 65.7 Å². The summed E-state index contributed by atoms with van der Waals surface area (Å²) >= 11 is 0. The van der Waals surface area contributed by atoms with Crippen LogP contribution < -0.4 is 0 Å². The normalized spacial score (nSPS) is 12.1. The van der Waals surface area contributed by atoms with Crippen LogP contribution in [-0.4, -0.2) is 10.8 Å². The predicted molar refractivity (Wildman–Crippen MR) is 67.8 cm³/mol. The number of carbonyl (C=O) groups is 1. The van der Waals surface area contributed by atoms with Gasteiger partial charge in [0, 0.05) is 17.7 Å². The van der Waals surface area contributed by atoms with Crippen molar-refractivity contribution in [3.63, 3.8) is 0 Å². The van der Waals surface area contributed by atoms with Crippen molar-refractivity contribution in [1.29, 1.82) is 0 Å². The molecule has 0 amide bonds. The van der Waals surface area contributed by atoms with Crippen LogP contribution in [0, 0.1) is 11.7 Å². The number of ketones is 1. The molecule has 1 aromatic heterocycles. The first-order chi connectivity index (χ1) is 8.66. The van der Waals surface area contributed by atoms with Crippen molar-refractivity contribution in [2.75, 3.05) is 0 Å². The summed E-state index contributed by atoms with van der Waals surface area (Å²) < 4.78 is 13.0. The minimum Gasteiger partial charge on any atom is -0.294 e. The summed E-state index contributed by atoms with van der Waals surface area (Å²) in [6.07, 6.45) is 3.25. The molecule has 0 spiro atoms. The minimum atomic E-state index is -0.369. The molecular weight excluding hydrogens is 229 g/mol. The van der Waals surface area contributed by atoms with Gasteiger partial charge in [-0.2, -0.15) is 0 Å². The predicted octanol–water partition coefficient (Wildman–Crippen LogP) is 3.28. The summed E-state index contributed by atoms with van der Waals surface area (Å²) in [5.41, 5.74) is 1.43. The maximum Gasteiger partial charge on any atom is 0.165 e. The van der Waals surface area contributed by atoms with Gasteiger partial charge in [-0.25, -0.2) is 4.39 Å². The lowest BCUT2D eigenvalue weighted by atomic mass is 9.93. The second kappa shape index (κ2) is 5.54. The van der Waals surface area contributed by atoms with E-state index in [2.05, 4.69) is 4.98 Å². The van der Waals surface area contributed by atoms with E-state index in [0.717, 1.165) is 11.8 Å². The molecule has 0 saturated heterocycles. The highest BCUT2D eigenvalue weighted by molar-refractivity contribution is 5.97. The molecule has 2 aromatic rings. The topological polar surface area (TPSA) is 30.0 Å². The van der Waals surface area contributed by atoms with E-state index in [0.29, 0.717) is 12.0 Å². The van der Waals surface area contributed by atoms with Gasteiger partial charge in [0.2, 0.25) is 0 Å². The fourth-order valence-corrected chi connectivity index (χ4v) is 1.90. The maximum absolute atomic E-state index is 13.0. The van der Waals surface area contributed by atoms with Gasteiger partial charge >= 0.3 is 0 Å². The van der Waals surface area contributed by atoms with Crippen molar-refractivity contribution in [1.82, 2.24) is 4.98 Å². The summed E-state index contributed by atoms with van der Waals surface area (Å²) in [5.74, 6) is -0.484. The lowest BCUT2D eigenvalue weighted by Crippen LogP contribution is -2.14. The van der Waals surface area contributed by atoms with Gasteiger partial charge in [0.05, 0.1) is 6.20 Å². The summed E-state index contributed by atoms with van der Waals surface area (Å²) in [4.78, 5) is 15.9. The Balaban J connectivity index is 2.09. The van der Waals surface area contributed by atoms with Crippen LogP contribution in [0.3, 0.4) is 0 Å². The Bertz CT molecular complexity index is 539. The van der Waals surface area contributed by atoms with E-state index in [1.807, 2.05) is 25.1 Å². The molecule has 0 radical (unpaired) electrons. The largest absolute Gasteiger partial charge is 0.294 e. The smallest absolute Gasteiger partial charge is 0.165 e. The second-order valence-electron chi connectivity index (χ2n) is 4.35. The van der Waals surface area contributed by atoms with Crippen molar-refractivity contribution >= 4 is 5.78 Å². The zero-order valence-corrected chi connectivity index (χ0v) is 10.1. The van der Waals surface area contributed by atoms with Gasteiger partial charge < -0.3 is 0 Å². The summed E-state index contributed by atoms with van der Waals surface area (Å²) in [7, 11) is 0. The Kier molecular flexibility index (Phi) is 3.82.